The van der Waals surface area contributed by atoms with Crippen LogP contribution in [0.5, 0.6) is 0 Å². The van der Waals surface area contributed by atoms with E-state index in [1.807, 2.05) is 24.3 Å². The van der Waals surface area contributed by atoms with Crippen LogP contribution in [0.25, 0.3) is 0 Å². The molecular formula is C7H6BrNS. The first-order valence-electron chi connectivity index (χ1n) is 2.76. The molecule has 0 bridgehead atoms. The monoisotopic (exact) mass is 215 g/mol. The van der Waals surface area contributed by atoms with Gasteiger partial charge in [-0.25, -0.2) is 4.40 Å². The first-order valence-corrected chi connectivity index (χ1v) is 3.95. The van der Waals surface area contributed by atoms with Gasteiger partial charge in [0.2, 0.25) is 0 Å². The molecule has 0 heterocycles. The molecule has 1 nitrogen and oxygen atoms in total. The Morgan fingerprint density at radius 3 is 2.40 bits per heavy atom. The van der Waals surface area contributed by atoms with E-state index in [9.17, 15) is 0 Å². The van der Waals surface area contributed by atoms with Gasteiger partial charge in [-0.2, -0.15) is 0 Å². The molecule has 0 aromatic heterocycles. The van der Waals surface area contributed by atoms with E-state index >= 15 is 0 Å². The fourth-order valence-corrected chi connectivity index (χ4v) is 1.01. The minimum atomic E-state index is 1.05. The first kappa shape index (κ1) is 7.82. The lowest BCUT2D eigenvalue weighted by molar-refractivity contribution is 1.62. The summed E-state index contributed by atoms with van der Waals surface area (Å²) in [5.41, 5.74) is 1.05. The van der Waals surface area contributed by atoms with Crippen molar-refractivity contribution in [3.8, 4) is 0 Å². The molecule has 1 aromatic carbocycles. The maximum atomic E-state index is 3.72. The molecule has 0 N–H and O–H groups in total. The summed E-state index contributed by atoms with van der Waals surface area (Å²) >= 11 is 7.05. The molecule has 0 fully saturated rings. The van der Waals surface area contributed by atoms with Crippen LogP contribution in [-0.2, 0) is 0 Å². The van der Waals surface area contributed by atoms with Crippen molar-refractivity contribution in [2.24, 2.45) is 4.40 Å². The van der Waals surface area contributed by atoms with E-state index in [2.05, 4.69) is 33.1 Å². The maximum Gasteiger partial charge on any atom is 0.0420 e. The second kappa shape index (κ2) is 3.78. The Morgan fingerprint density at radius 2 is 1.90 bits per heavy atom. The second-order valence-electron chi connectivity index (χ2n) is 1.80. The predicted molar refractivity (Wildman–Crippen MR) is 50.7 cm³/mol. The van der Waals surface area contributed by atoms with Crippen molar-refractivity contribution < 1.29 is 0 Å². The fraction of sp³-hybridized carbons (Fsp3) is 0. The summed E-state index contributed by atoms with van der Waals surface area (Å²) in [5.74, 6) is 0. The van der Waals surface area contributed by atoms with Gasteiger partial charge in [0.15, 0.2) is 0 Å². The first-order chi connectivity index (χ1) is 4.83. The Morgan fingerprint density at radius 1 is 1.30 bits per heavy atom. The van der Waals surface area contributed by atoms with E-state index in [4.69, 9.17) is 0 Å². The molecule has 0 unspecified atom stereocenters. The van der Waals surface area contributed by atoms with Gasteiger partial charge in [-0.1, -0.05) is 28.1 Å². The molecule has 0 atom stereocenters. The Bertz CT molecular complexity index is 230. The molecule has 0 aliphatic heterocycles. The van der Waals surface area contributed by atoms with Gasteiger partial charge in [-0.15, -0.1) is 0 Å². The zero-order valence-corrected chi connectivity index (χ0v) is 7.64. The van der Waals surface area contributed by atoms with Gasteiger partial charge >= 0.3 is 0 Å². The highest BCUT2D eigenvalue weighted by Crippen LogP contribution is 2.08. The third kappa shape index (κ3) is 2.15. The number of thiol groups is 1. The predicted octanol–water partition coefficient (Wildman–Crippen LogP) is 2.71. The van der Waals surface area contributed by atoms with Crippen LogP contribution < -0.4 is 0 Å². The lowest BCUT2D eigenvalue weighted by Crippen LogP contribution is -1.76. The van der Waals surface area contributed by atoms with E-state index in [-0.39, 0.29) is 0 Å². The standard InChI is InChI=1S/C7H6BrNS/c8-7-3-1-6(2-4-7)5-9-10/h1-5,10H. The van der Waals surface area contributed by atoms with E-state index in [0.29, 0.717) is 0 Å². The molecule has 0 aliphatic carbocycles. The van der Waals surface area contributed by atoms with E-state index in [1.165, 1.54) is 0 Å². The molecule has 10 heavy (non-hydrogen) atoms. The fourth-order valence-electron chi connectivity index (χ4n) is 0.616. The number of hydrogen-bond donors (Lipinski definition) is 1. The zero-order valence-electron chi connectivity index (χ0n) is 5.16. The SMILES string of the molecule is SN=Cc1ccc(Br)cc1. The van der Waals surface area contributed by atoms with Crippen molar-refractivity contribution in [1.82, 2.24) is 0 Å². The van der Waals surface area contributed by atoms with Gasteiger partial charge in [-0.05, 0) is 30.5 Å². The summed E-state index contributed by atoms with van der Waals surface area (Å²) in [5, 5.41) is 0. The van der Waals surface area contributed by atoms with Gasteiger partial charge in [0.05, 0.1) is 0 Å². The Balaban J connectivity index is 2.89. The van der Waals surface area contributed by atoms with Crippen LogP contribution in [0.3, 0.4) is 0 Å². The van der Waals surface area contributed by atoms with Gasteiger partial charge in [0, 0.05) is 10.7 Å². The highest BCUT2D eigenvalue weighted by Gasteiger charge is 1.85. The molecule has 0 radical (unpaired) electrons. The normalized spacial score (nSPS) is 10.6. The topological polar surface area (TPSA) is 12.4 Å². The maximum absolute atomic E-state index is 3.72. The highest BCUT2D eigenvalue weighted by molar-refractivity contribution is 9.10. The van der Waals surface area contributed by atoms with Crippen LogP contribution in [-0.4, -0.2) is 6.21 Å². The van der Waals surface area contributed by atoms with Crippen LogP contribution in [0.15, 0.2) is 33.1 Å². The number of nitrogens with zero attached hydrogens (tertiary/aromatic N) is 1. The van der Waals surface area contributed by atoms with Crippen molar-refractivity contribution in [1.29, 1.82) is 0 Å². The van der Waals surface area contributed by atoms with Gasteiger partial charge in [0.1, 0.15) is 0 Å². The Kier molecular flexibility index (Phi) is 2.96. The summed E-state index contributed by atoms with van der Waals surface area (Å²) in [6.07, 6.45) is 1.69. The van der Waals surface area contributed by atoms with Gasteiger partial charge < -0.3 is 0 Å². The van der Waals surface area contributed by atoms with Crippen LogP contribution in [0.1, 0.15) is 5.56 Å². The zero-order chi connectivity index (χ0) is 7.40. The third-order valence-electron chi connectivity index (χ3n) is 1.08. The van der Waals surface area contributed by atoms with Crippen molar-refractivity contribution in [3.05, 3.63) is 34.3 Å². The van der Waals surface area contributed by atoms with E-state index in [0.717, 1.165) is 10.0 Å². The lowest BCUT2D eigenvalue weighted by atomic mass is 10.2. The molecule has 1 aromatic rings. The summed E-state index contributed by atoms with van der Waals surface area (Å²) in [6, 6.07) is 7.85. The summed E-state index contributed by atoms with van der Waals surface area (Å²) in [6.45, 7) is 0. The molecule has 52 valence electrons. The van der Waals surface area contributed by atoms with Crippen LogP contribution in [0.4, 0.5) is 0 Å². The minimum Gasteiger partial charge on any atom is -0.227 e. The van der Waals surface area contributed by atoms with Crippen molar-refractivity contribution in [2.45, 2.75) is 0 Å². The molecule has 0 spiro atoms. The lowest BCUT2D eigenvalue weighted by Gasteiger charge is -1.90. The molecule has 0 saturated carbocycles. The van der Waals surface area contributed by atoms with Crippen molar-refractivity contribution in [3.63, 3.8) is 0 Å². The highest BCUT2D eigenvalue weighted by atomic mass is 79.9. The second-order valence-corrected chi connectivity index (χ2v) is 2.94. The number of halogens is 1. The molecule has 3 heteroatoms. The molecule has 0 amide bonds. The number of benzene rings is 1. The van der Waals surface area contributed by atoms with Crippen LogP contribution in [0.2, 0.25) is 0 Å². The Hall–Kier alpha value is -0.280. The van der Waals surface area contributed by atoms with Gasteiger partial charge in [0.25, 0.3) is 0 Å². The summed E-state index contributed by atoms with van der Waals surface area (Å²) in [7, 11) is 0. The summed E-state index contributed by atoms with van der Waals surface area (Å²) < 4.78 is 4.66. The third-order valence-corrected chi connectivity index (χ3v) is 1.72. The number of hydrogen-bond acceptors (Lipinski definition) is 2. The molecule has 0 aliphatic rings. The molecule has 1 rings (SSSR count). The quantitative estimate of drug-likeness (QED) is 0.547. The van der Waals surface area contributed by atoms with Crippen LogP contribution >= 0.6 is 28.7 Å². The molecular weight excluding hydrogens is 210 g/mol. The van der Waals surface area contributed by atoms with Gasteiger partial charge in [-0.3, -0.25) is 0 Å². The van der Waals surface area contributed by atoms with E-state index < -0.39 is 0 Å². The van der Waals surface area contributed by atoms with Crippen molar-refractivity contribution in [2.75, 3.05) is 0 Å². The van der Waals surface area contributed by atoms with Crippen molar-refractivity contribution >= 4 is 35.0 Å². The van der Waals surface area contributed by atoms with Crippen LogP contribution in [0, 0.1) is 0 Å². The smallest absolute Gasteiger partial charge is 0.0420 e. The molecule has 0 saturated heterocycles. The average Bonchev–Trinajstić information content (AvgIpc) is 1.95. The van der Waals surface area contributed by atoms with E-state index in [1.54, 1.807) is 6.21 Å². The Labute approximate surface area is 73.8 Å². The minimum absolute atomic E-state index is 1.05. The number of rotatable bonds is 1. The summed E-state index contributed by atoms with van der Waals surface area (Å²) in [4.78, 5) is 0. The average molecular weight is 216 g/mol. The largest absolute Gasteiger partial charge is 0.227 e.